The van der Waals surface area contributed by atoms with Crippen LogP contribution in [0, 0.1) is 17.7 Å². The van der Waals surface area contributed by atoms with E-state index in [-0.39, 0.29) is 29.6 Å². The van der Waals surface area contributed by atoms with E-state index in [0.717, 1.165) is 47.7 Å². The summed E-state index contributed by atoms with van der Waals surface area (Å²) >= 11 is 0. The summed E-state index contributed by atoms with van der Waals surface area (Å²) < 4.78 is 25.0. The number of halogens is 1. The normalized spacial score (nSPS) is 19.7. The standard InChI is InChI=1S/C31H36FNO4/c1-19(29(34)36-25-13-10-22(11-14-25)20(2)30(35)37-31(3,4)5)21-6-8-23(9-7-21)26-16-17-33-28-15-12-24(32)18-27(26)28/h10-21,23H,6-9H2,1-5H3. The SMILES string of the molecule is CC(C(=O)OC(C)(C)C)c1ccc(OC(=O)C(C)C2CCC(c3ccnc4ccc(F)cc34)CC2)cc1. The van der Waals surface area contributed by atoms with Gasteiger partial charge in [0.05, 0.1) is 17.4 Å². The fraction of sp³-hybridized carbons (Fsp3) is 0.452. The molecule has 1 fully saturated rings. The molecule has 3 aromatic rings. The molecule has 0 aliphatic heterocycles. The maximum absolute atomic E-state index is 13.9. The Morgan fingerprint density at radius 2 is 1.62 bits per heavy atom. The molecular weight excluding hydrogens is 469 g/mol. The summed E-state index contributed by atoms with van der Waals surface area (Å²) in [4.78, 5) is 29.6. The predicted molar refractivity (Wildman–Crippen MR) is 142 cm³/mol. The fourth-order valence-corrected chi connectivity index (χ4v) is 5.18. The minimum atomic E-state index is -0.542. The van der Waals surface area contributed by atoms with Gasteiger partial charge in [0.25, 0.3) is 0 Å². The van der Waals surface area contributed by atoms with E-state index in [1.807, 2.05) is 33.8 Å². The van der Waals surface area contributed by atoms with Crippen LogP contribution in [0.25, 0.3) is 10.9 Å². The lowest BCUT2D eigenvalue weighted by atomic mass is 9.74. The number of hydrogen-bond donors (Lipinski definition) is 0. The highest BCUT2D eigenvalue weighted by molar-refractivity contribution is 5.82. The van der Waals surface area contributed by atoms with Crippen molar-refractivity contribution < 1.29 is 23.5 Å². The van der Waals surface area contributed by atoms with Crippen LogP contribution in [-0.2, 0) is 14.3 Å². The van der Waals surface area contributed by atoms with E-state index < -0.39 is 11.5 Å². The molecule has 5 nitrogen and oxygen atoms in total. The third-order valence-corrected chi connectivity index (χ3v) is 7.39. The summed E-state index contributed by atoms with van der Waals surface area (Å²) in [6.07, 6.45) is 5.49. The second-order valence-electron chi connectivity index (χ2n) is 11.2. The van der Waals surface area contributed by atoms with Gasteiger partial charge in [0.2, 0.25) is 0 Å². The fourth-order valence-electron chi connectivity index (χ4n) is 5.18. The van der Waals surface area contributed by atoms with Crippen molar-refractivity contribution in [3.63, 3.8) is 0 Å². The molecule has 4 rings (SSSR count). The Morgan fingerprint density at radius 1 is 0.946 bits per heavy atom. The highest BCUT2D eigenvalue weighted by atomic mass is 19.1. The van der Waals surface area contributed by atoms with Crippen LogP contribution in [0.4, 0.5) is 4.39 Å². The van der Waals surface area contributed by atoms with Crippen molar-refractivity contribution in [1.29, 1.82) is 0 Å². The van der Waals surface area contributed by atoms with Crippen molar-refractivity contribution in [1.82, 2.24) is 4.98 Å². The molecule has 0 spiro atoms. The zero-order valence-corrected chi connectivity index (χ0v) is 22.3. The van der Waals surface area contributed by atoms with Gasteiger partial charge in [0, 0.05) is 11.6 Å². The van der Waals surface area contributed by atoms with Crippen LogP contribution in [0.1, 0.15) is 83.3 Å². The number of ether oxygens (including phenoxy) is 2. The van der Waals surface area contributed by atoms with Gasteiger partial charge in [0.1, 0.15) is 17.2 Å². The number of hydrogen-bond acceptors (Lipinski definition) is 5. The maximum Gasteiger partial charge on any atom is 0.314 e. The molecule has 196 valence electrons. The molecular formula is C31H36FNO4. The van der Waals surface area contributed by atoms with E-state index in [1.165, 1.54) is 6.07 Å². The van der Waals surface area contributed by atoms with E-state index in [1.54, 1.807) is 49.5 Å². The molecule has 0 bridgehead atoms. The van der Waals surface area contributed by atoms with Gasteiger partial charge in [0.15, 0.2) is 0 Å². The van der Waals surface area contributed by atoms with Gasteiger partial charge >= 0.3 is 11.9 Å². The molecule has 37 heavy (non-hydrogen) atoms. The van der Waals surface area contributed by atoms with E-state index >= 15 is 0 Å². The zero-order valence-electron chi connectivity index (χ0n) is 22.3. The molecule has 0 amide bonds. The minimum Gasteiger partial charge on any atom is -0.460 e. The third kappa shape index (κ3) is 6.54. The molecule has 0 radical (unpaired) electrons. The average molecular weight is 506 g/mol. The van der Waals surface area contributed by atoms with Gasteiger partial charge in [-0.25, -0.2) is 4.39 Å². The maximum atomic E-state index is 13.9. The first-order chi connectivity index (χ1) is 17.5. The Hall–Kier alpha value is -3.28. The molecule has 2 atom stereocenters. The van der Waals surface area contributed by atoms with Crippen molar-refractivity contribution in [2.45, 2.75) is 77.7 Å². The molecule has 6 heteroatoms. The number of fused-ring (bicyclic) bond motifs is 1. The molecule has 2 aromatic carbocycles. The van der Waals surface area contributed by atoms with Crippen LogP contribution in [-0.4, -0.2) is 22.5 Å². The number of esters is 2. The summed E-state index contributed by atoms with van der Waals surface area (Å²) in [7, 11) is 0. The van der Waals surface area contributed by atoms with Crippen LogP contribution in [0.5, 0.6) is 5.75 Å². The topological polar surface area (TPSA) is 65.5 Å². The number of nitrogens with zero attached hydrogens (tertiary/aromatic N) is 1. The van der Waals surface area contributed by atoms with Crippen molar-refractivity contribution in [3.05, 3.63) is 71.7 Å². The molecule has 1 aliphatic rings. The second-order valence-corrected chi connectivity index (χ2v) is 11.2. The molecule has 0 N–H and O–H groups in total. The average Bonchev–Trinajstić information content (AvgIpc) is 2.87. The number of carbonyl (C=O) groups is 2. The number of aromatic nitrogens is 1. The summed E-state index contributed by atoms with van der Waals surface area (Å²) in [6, 6.07) is 13.8. The number of pyridine rings is 1. The lowest BCUT2D eigenvalue weighted by Gasteiger charge is -2.32. The Kier molecular flexibility index (Phi) is 7.96. The lowest BCUT2D eigenvalue weighted by molar-refractivity contribution is -0.156. The highest BCUT2D eigenvalue weighted by Gasteiger charge is 2.31. The van der Waals surface area contributed by atoms with Gasteiger partial charge in [-0.05, 0) is 113 Å². The number of benzene rings is 2. The first-order valence-corrected chi connectivity index (χ1v) is 13.1. The minimum absolute atomic E-state index is 0.229. The largest absolute Gasteiger partial charge is 0.460 e. The zero-order chi connectivity index (χ0) is 26.7. The highest BCUT2D eigenvalue weighted by Crippen LogP contribution is 2.41. The van der Waals surface area contributed by atoms with E-state index in [0.29, 0.717) is 11.7 Å². The third-order valence-electron chi connectivity index (χ3n) is 7.39. The van der Waals surface area contributed by atoms with Crippen LogP contribution < -0.4 is 4.74 Å². The smallest absolute Gasteiger partial charge is 0.314 e. The quantitative estimate of drug-likeness (QED) is 0.259. The van der Waals surface area contributed by atoms with Crippen molar-refractivity contribution in [3.8, 4) is 5.75 Å². The van der Waals surface area contributed by atoms with Gasteiger partial charge in [-0.15, -0.1) is 0 Å². The summed E-state index contributed by atoms with van der Waals surface area (Å²) in [6.45, 7) is 9.27. The van der Waals surface area contributed by atoms with Gasteiger partial charge in [-0.2, -0.15) is 0 Å². The summed E-state index contributed by atoms with van der Waals surface area (Å²) in [5.74, 6) is -0.388. The first kappa shape index (κ1) is 26.8. The van der Waals surface area contributed by atoms with Crippen LogP contribution >= 0.6 is 0 Å². The predicted octanol–water partition coefficient (Wildman–Crippen LogP) is 7.33. The second kappa shape index (κ2) is 11.0. The molecule has 2 unspecified atom stereocenters. The first-order valence-electron chi connectivity index (χ1n) is 13.1. The van der Waals surface area contributed by atoms with E-state index in [2.05, 4.69) is 4.98 Å². The Bertz CT molecular complexity index is 1260. The van der Waals surface area contributed by atoms with Gasteiger partial charge < -0.3 is 9.47 Å². The molecule has 1 aromatic heterocycles. The van der Waals surface area contributed by atoms with Crippen LogP contribution in [0.15, 0.2) is 54.7 Å². The molecule has 0 saturated heterocycles. The van der Waals surface area contributed by atoms with Gasteiger partial charge in [-0.3, -0.25) is 14.6 Å². The monoisotopic (exact) mass is 505 g/mol. The van der Waals surface area contributed by atoms with E-state index in [4.69, 9.17) is 9.47 Å². The summed E-state index contributed by atoms with van der Waals surface area (Å²) in [5, 5.41) is 0.878. The van der Waals surface area contributed by atoms with Crippen LogP contribution in [0.3, 0.4) is 0 Å². The number of carbonyl (C=O) groups excluding carboxylic acids is 2. The lowest BCUT2D eigenvalue weighted by Crippen LogP contribution is -2.28. The van der Waals surface area contributed by atoms with Gasteiger partial charge in [-0.1, -0.05) is 19.1 Å². The summed E-state index contributed by atoms with van der Waals surface area (Å²) in [5.41, 5.74) is 2.22. The Balaban J connectivity index is 1.33. The Morgan fingerprint density at radius 3 is 2.27 bits per heavy atom. The molecule has 1 aliphatic carbocycles. The molecule has 1 heterocycles. The van der Waals surface area contributed by atoms with Crippen molar-refractivity contribution in [2.24, 2.45) is 11.8 Å². The van der Waals surface area contributed by atoms with Crippen molar-refractivity contribution in [2.75, 3.05) is 0 Å². The Labute approximate surface area is 218 Å². The van der Waals surface area contributed by atoms with Crippen LogP contribution in [0.2, 0.25) is 0 Å². The van der Waals surface area contributed by atoms with Crippen molar-refractivity contribution >= 4 is 22.8 Å². The molecule has 1 saturated carbocycles. The van der Waals surface area contributed by atoms with E-state index in [9.17, 15) is 14.0 Å². The number of rotatable bonds is 6.